The summed E-state index contributed by atoms with van der Waals surface area (Å²) in [6.45, 7) is 0. The van der Waals surface area contributed by atoms with Gasteiger partial charge in [0.05, 0.1) is 33.2 Å². The van der Waals surface area contributed by atoms with Gasteiger partial charge in [0.25, 0.3) is 0 Å². The van der Waals surface area contributed by atoms with Gasteiger partial charge in [0.1, 0.15) is 12.1 Å². The van der Waals surface area contributed by atoms with Crippen LogP contribution in [0.4, 0.5) is 0 Å². The number of aromatic nitrogens is 3. The standard InChI is InChI=1S/C49H29N5/c50-28-35-18-17-34(27-36(35)29-51)49-43(32-19-23-37(24-20-32)53-45-13-5-1-9-39(45)40-10-2-6-14-46(40)53)30-52-31-44(49)33-21-25-38(26-22-33)54-47-15-7-3-11-41(47)42-12-4-8-16-48(42)54/h1-27,30-31H. The van der Waals surface area contributed by atoms with Crippen molar-refractivity contribution in [2.75, 3.05) is 0 Å². The highest BCUT2D eigenvalue weighted by Gasteiger charge is 2.19. The van der Waals surface area contributed by atoms with Crippen LogP contribution < -0.4 is 0 Å². The number of benzene rings is 7. The first-order valence-corrected chi connectivity index (χ1v) is 17.8. The summed E-state index contributed by atoms with van der Waals surface area (Å²) >= 11 is 0. The fourth-order valence-electron chi connectivity index (χ4n) is 8.08. The molecule has 54 heavy (non-hydrogen) atoms. The van der Waals surface area contributed by atoms with Crippen molar-refractivity contribution in [3.05, 3.63) is 187 Å². The van der Waals surface area contributed by atoms with Crippen LogP contribution in [0.3, 0.4) is 0 Å². The van der Waals surface area contributed by atoms with E-state index >= 15 is 0 Å². The lowest BCUT2D eigenvalue weighted by Crippen LogP contribution is -1.97. The largest absolute Gasteiger partial charge is 0.309 e. The van der Waals surface area contributed by atoms with E-state index in [4.69, 9.17) is 4.98 Å². The normalized spacial score (nSPS) is 11.3. The number of para-hydroxylation sites is 4. The fourth-order valence-corrected chi connectivity index (χ4v) is 8.08. The molecular formula is C49H29N5. The first-order valence-electron chi connectivity index (χ1n) is 17.8. The van der Waals surface area contributed by atoms with Gasteiger partial charge in [-0.25, -0.2) is 0 Å². The van der Waals surface area contributed by atoms with Gasteiger partial charge in [0.15, 0.2) is 0 Å². The topological polar surface area (TPSA) is 70.3 Å². The Balaban J connectivity index is 1.13. The van der Waals surface area contributed by atoms with Crippen molar-refractivity contribution in [2.24, 2.45) is 0 Å². The maximum Gasteiger partial charge on any atom is 0.101 e. The Morgan fingerprint density at radius 1 is 0.389 bits per heavy atom. The Bertz CT molecular complexity index is 2890. The number of pyridine rings is 1. The average Bonchev–Trinajstić information content (AvgIpc) is 3.76. The van der Waals surface area contributed by atoms with Gasteiger partial charge in [-0.2, -0.15) is 10.5 Å². The van der Waals surface area contributed by atoms with Gasteiger partial charge in [-0.15, -0.1) is 0 Å². The minimum atomic E-state index is 0.340. The molecule has 0 fully saturated rings. The Morgan fingerprint density at radius 2 is 0.759 bits per heavy atom. The lowest BCUT2D eigenvalue weighted by atomic mass is 9.88. The van der Waals surface area contributed by atoms with Gasteiger partial charge in [-0.3, -0.25) is 4.98 Å². The second-order valence-corrected chi connectivity index (χ2v) is 13.4. The van der Waals surface area contributed by atoms with E-state index < -0.39 is 0 Å². The number of fused-ring (bicyclic) bond motifs is 6. The van der Waals surface area contributed by atoms with Crippen LogP contribution >= 0.6 is 0 Å². The molecule has 0 bridgehead atoms. The molecule has 0 atom stereocenters. The summed E-state index contributed by atoms with van der Waals surface area (Å²) in [5, 5.41) is 24.6. The van der Waals surface area contributed by atoms with E-state index in [1.165, 1.54) is 21.5 Å². The SMILES string of the molecule is N#Cc1ccc(-c2c(-c3ccc(-n4c5ccccc5c5ccccc54)cc3)cncc2-c2ccc(-n3c4ccccc4c4ccccc43)cc2)cc1C#N. The molecule has 0 amide bonds. The van der Waals surface area contributed by atoms with Crippen molar-refractivity contribution in [1.82, 2.24) is 14.1 Å². The van der Waals surface area contributed by atoms with Crippen LogP contribution in [0.1, 0.15) is 11.1 Å². The smallest absolute Gasteiger partial charge is 0.101 e. The molecule has 250 valence electrons. The zero-order valence-electron chi connectivity index (χ0n) is 29.0. The quantitative estimate of drug-likeness (QED) is 0.181. The molecular weight excluding hydrogens is 659 g/mol. The summed E-state index contributed by atoms with van der Waals surface area (Å²) < 4.78 is 4.62. The van der Waals surface area contributed by atoms with Gasteiger partial charge in [0.2, 0.25) is 0 Å². The predicted molar refractivity (Wildman–Crippen MR) is 219 cm³/mol. The molecule has 0 saturated carbocycles. The van der Waals surface area contributed by atoms with E-state index in [1.807, 2.05) is 24.5 Å². The Hall–Kier alpha value is -7.73. The van der Waals surface area contributed by atoms with E-state index in [9.17, 15) is 10.5 Å². The van der Waals surface area contributed by atoms with Crippen molar-refractivity contribution < 1.29 is 0 Å². The number of rotatable bonds is 5. The van der Waals surface area contributed by atoms with Crippen LogP contribution in [0.5, 0.6) is 0 Å². The van der Waals surface area contributed by atoms with Gasteiger partial charge in [-0.05, 0) is 77.4 Å². The molecule has 3 aromatic heterocycles. The molecule has 0 aliphatic carbocycles. The Labute approximate surface area is 311 Å². The summed E-state index contributed by atoms with van der Waals surface area (Å²) in [6, 6.07) is 61.1. The molecule has 3 heterocycles. The van der Waals surface area contributed by atoms with E-state index in [0.717, 1.165) is 66.8 Å². The van der Waals surface area contributed by atoms with E-state index in [-0.39, 0.29) is 0 Å². The Morgan fingerprint density at radius 3 is 1.15 bits per heavy atom. The van der Waals surface area contributed by atoms with Crippen LogP contribution in [-0.2, 0) is 0 Å². The zero-order chi connectivity index (χ0) is 36.2. The van der Waals surface area contributed by atoms with E-state index in [2.05, 4.69) is 167 Å². The molecule has 0 aliphatic rings. The molecule has 0 N–H and O–H groups in total. The third kappa shape index (κ3) is 4.81. The van der Waals surface area contributed by atoms with Crippen molar-refractivity contribution in [1.29, 1.82) is 10.5 Å². The number of hydrogen-bond donors (Lipinski definition) is 0. The minimum Gasteiger partial charge on any atom is -0.309 e. The van der Waals surface area contributed by atoms with Gasteiger partial charge >= 0.3 is 0 Å². The number of nitrogens with zero attached hydrogens (tertiary/aromatic N) is 5. The van der Waals surface area contributed by atoms with Gasteiger partial charge in [0, 0.05) is 62.0 Å². The van der Waals surface area contributed by atoms with E-state index in [1.54, 1.807) is 6.07 Å². The van der Waals surface area contributed by atoms with E-state index in [0.29, 0.717) is 11.1 Å². The maximum atomic E-state index is 10.0. The summed E-state index contributed by atoms with van der Waals surface area (Å²) in [4.78, 5) is 4.78. The highest BCUT2D eigenvalue weighted by Crippen LogP contribution is 2.41. The molecule has 5 heteroatoms. The minimum absolute atomic E-state index is 0.340. The molecule has 5 nitrogen and oxygen atoms in total. The third-order valence-corrected chi connectivity index (χ3v) is 10.5. The predicted octanol–water partition coefficient (Wildman–Crippen LogP) is 12.0. The molecule has 0 saturated heterocycles. The average molecular weight is 688 g/mol. The van der Waals surface area contributed by atoms with Crippen molar-refractivity contribution in [3.8, 4) is 56.9 Å². The summed E-state index contributed by atoms with van der Waals surface area (Å²) in [6.07, 6.45) is 3.79. The number of hydrogen-bond acceptors (Lipinski definition) is 3. The number of nitriles is 2. The first kappa shape index (κ1) is 31.0. The van der Waals surface area contributed by atoms with Crippen molar-refractivity contribution in [2.45, 2.75) is 0 Å². The lowest BCUT2D eigenvalue weighted by molar-refractivity contribution is 1.18. The molecule has 7 aromatic carbocycles. The van der Waals surface area contributed by atoms with Gasteiger partial charge in [-0.1, -0.05) is 103 Å². The fraction of sp³-hybridized carbons (Fsp3) is 0. The summed E-state index contributed by atoms with van der Waals surface area (Å²) in [7, 11) is 0. The van der Waals surface area contributed by atoms with Crippen molar-refractivity contribution in [3.63, 3.8) is 0 Å². The monoisotopic (exact) mass is 687 g/mol. The molecule has 0 aliphatic heterocycles. The zero-order valence-corrected chi connectivity index (χ0v) is 29.0. The molecule has 0 spiro atoms. The molecule has 0 radical (unpaired) electrons. The van der Waals surface area contributed by atoms with Crippen LogP contribution in [0.15, 0.2) is 176 Å². The summed E-state index contributed by atoms with van der Waals surface area (Å²) in [5.41, 5.74) is 13.1. The first-order chi connectivity index (χ1) is 26.7. The molecule has 10 rings (SSSR count). The maximum absolute atomic E-state index is 10.0. The lowest BCUT2D eigenvalue weighted by Gasteiger charge is -2.17. The van der Waals surface area contributed by atoms with Crippen molar-refractivity contribution >= 4 is 43.6 Å². The highest BCUT2D eigenvalue weighted by atomic mass is 15.0. The van der Waals surface area contributed by atoms with Crippen LogP contribution in [0.25, 0.3) is 88.4 Å². The molecule has 0 unspecified atom stereocenters. The second kappa shape index (κ2) is 12.5. The van der Waals surface area contributed by atoms with Crippen LogP contribution in [0, 0.1) is 22.7 Å². The third-order valence-electron chi connectivity index (χ3n) is 10.5. The Kier molecular flexibility index (Phi) is 7.18. The van der Waals surface area contributed by atoms with Crippen LogP contribution in [-0.4, -0.2) is 14.1 Å². The van der Waals surface area contributed by atoms with Crippen LogP contribution in [0.2, 0.25) is 0 Å². The highest BCUT2D eigenvalue weighted by molar-refractivity contribution is 6.10. The summed E-state index contributed by atoms with van der Waals surface area (Å²) in [5.74, 6) is 0. The van der Waals surface area contributed by atoms with Gasteiger partial charge < -0.3 is 9.13 Å². The molecule has 10 aromatic rings. The second-order valence-electron chi connectivity index (χ2n) is 13.4.